The Morgan fingerprint density at radius 3 is 2.24 bits per heavy atom. The van der Waals surface area contributed by atoms with E-state index in [2.05, 4.69) is 5.32 Å². The molecule has 0 saturated carbocycles. The summed E-state index contributed by atoms with van der Waals surface area (Å²) in [6.45, 7) is 1.94. The van der Waals surface area contributed by atoms with E-state index in [9.17, 15) is 14.4 Å². The lowest BCUT2D eigenvalue weighted by molar-refractivity contribution is -0.142. The quantitative estimate of drug-likeness (QED) is 0.562. The van der Waals surface area contributed by atoms with Crippen molar-refractivity contribution in [1.29, 1.82) is 0 Å². The lowest BCUT2D eigenvalue weighted by Crippen LogP contribution is -2.40. The van der Waals surface area contributed by atoms with E-state index in [1.807, 2.05) is 6.92 Å². The maximum Gasteiger partial charge on any atom is 0.326 e. The molecule has 0 aromatic heterocycles. The second-order valence-corrected chi connectivity index (χ2v) is 3.85. The second kappa shape index (κ2) is 8.55. The summed E-state index contributed by atoms with van der Waals surface area (Å²) in [4.78, 5) is 32.4. The minimum Gasteiger partial charge on any atom is -0.481 e. The van der Waals surface area contributed by atoms with Crippen molar-refractivity contribution in [2.45, 2.75) is 51.5 Å². The van der Waals surface area contributed by atoms with Crippen LogP contribution in [-0.2, 0) is 14.4 Å². The third kappa shape index (κ3) is 8.24. The Hall–Kier alpha value is -1.59. The predicted octanol–water partition coefficient (Wildman–Crippen LogP) is 1.00. The first kappa shape index (κ1) is 15.4. The number of hydrogen-bond acceptors (Lipinski definition) is 3. The zero-order chi connectivity index (χ0) is 13.3. The molecular weight excluding hydrogens is 226 g/mol. The van der Waals surface area contributed by atoms with Crippen LogP contribution in [0, 0.1) is 0 Å². The molecule has 0 unspecified atom stereocenters. The van der Waals surface area contributed by atoms with Crippen molar-refractivity contribution in [2.24, 2.45) is 0 Å². The van der Waals surface area contributed by atoms with E-state index < -0.39 is 18.0 Å². The fraction of sp³-hybridized carbons (Fsp3) is 0.727. The van der Waals surface area contributed by atoms with Crippen molar-refractivity contribution >= 4 is 17.8 Å². The number of amides is 1. The number of aliphatic carboxylic acids is 2. The summed E-state index contributed by atoms with van der Waals surface area (Å²) < 4.78 is 0. The summed E-state index contributed by atoms with van der Waals surface area (Å²) in [5.74, 6) is -2.39. The minimum atomic E-state index is -1.12. The van der Waals surface area contributed by atoms with Gasteiger partial charge in [0.05, 0.1) is 0 Å². The molecule has 1 amide bonds. The van der Waals surface area contributed by atoms with Gasteiger partial charge in [-0.25, -0.2) is 4.79 Å². The van der Waals surface area contributed by atoms with Gasteiger partial charge in [0.25, 0.3) is 0 Å². The Morgan fingerprint density at radius 2 is 1.76 bits per heavy atom. The molecule has 98 valence electrons. The van der Waals surface area contributed by atoms with Gasteiger partial charge >= 0.3 is 11.9 Å². The molecular formula is C11H19NO5. The normalized spacial score (nSPS) is 11.8. The maximum absolute atomic E-state index is 11.3. The van der Waals surface area contributed by atoms with Crippen LogP contribution in [0.1, 0.15) is 45.4 Å². The standard InChI is InChI=1S/C11H19NO5/c1-2-3-6-9(13)12-8(11(16)17)5-4-7-10(14)15/h8H,2-7H2,1H3,(H,12,13)(H,14,15)(H,16,17)/t8-/m1/s1. The fourth-order valence-corrected chi connectivity index (χ4v) is 1.32. The maximum atomic E-state index is 11.3. The van der Waals surface area contributed by atoms with Crippen LogP contribution >= 0.6 is 0 Å². The van der Waals surface area contributed by atoms with Gasteiger partial charge in [-0.2, -0.15) is 0 Å². The number of unbranched alkanes of at least 4 members (excludes halogenated alkanes) is 1. The molecule has 0 bridgehead atoms. The highest BCUT2D eigenvalue weighted by atomic mass is 16.4. The molecule has 6 nitrogen and oxygen atoms in total. The molecule has 0 aliphatic carbocycles. The van der Waals surface area contributed by atoms with Crippen LogP contribution in [0.15, 0.2) is 0 Å². The van der Waals surface area contributed by atoms with Crippen molar-refractivity contribution < 1.29 is 24.6 Å². The van der Waals surface area contributed by atoms with Crippen molar-refractivity contribution in [3.63, 3.8) is 0 Å². The van der Waals surface area contributed by atoms with E-state index in [4.69, 9.17) is 10.2 Å². The van der Waals surface area contributed by atoms with Crippen molar-refractivity contribution in [3.05, 3.63) is 0 Å². The van der Waals surface area contributed by atoms with Gasteiger partial charge in [0.1, 0.15) is 6.04 Å². The Balaban J connectivity index is 4.02. The highest BCUT2D eigenvalue weighted by molar-refractivity contribution is 5.83. The van der Waals surface area contributed by atoms with E-state index >= 15 is 0 Å². The zero-order valence-corrected chi connectivity index (χ0v) is 9.94. The Labute approximate surface area is 100 Å². The van der Waals surface area contributed by atoms with Gasteiger partial charge in [0.2, 0.25) is 5.91 Å². The minimum absolute atomic E-state index is 0.0887. The monoisotopic (exact) mass is 245 g/mol. The van der Waals surface area contributed by atoms with Crippen LogP contribution < -0.4 is 5.32 Å². The molecule has 0 aromatic rings. The van der Waals surface area contributed by atoms with Crippen LogP contribution in [-0.4, -0.2) is 34.1 Å². The number of carbonyl (C=O) groups excluding carboxylic acids is 1. The number of carboxylic acid groups (broad SMARTS) is 2. The first-order valence-corrected chi connectivity index (χ1v) is 5.71. The highest BCUT2D eigenvalue weighted by Gasteiger charge is 2.19. The van der Waals surface area contributed by atoms with Crippen molar-refractivity contribution in [1.82, 2.24) is 5.32 Å². The lowest BCUT2D eigenvalue weighted by atomic mass is 10.1. The Kier molecular flexibility index (Phi) is 7.75. The van der Waals surface area contributed by atoms with Gasteiger partial charge in [0, 0.05) is 12.8 Å². The van der Waals surface area contributed by atoms with Crippen LogP contribution in [0.2, 0.25) is 0 Å². The average Bonchev–Trinajstić information content (AvgIpc) is 2.24. The molecule has 1 atom stereocenters. The van der Waals surface area contributed by atoms with E-state index in [0.717, 1.165) is 6.42 Å². The van der Waals surface area contributed by atoms with Gasteiger partial charge in [-0.1, -0.05) is 13.3 Å². The molecule has 0 aliphatic heterocycles. The molecule has 0 aromatic carbocycles. The van der Waals surface area contributed by atoms with E-state index in [0.29, 0.717) is 12.8 Å². The smallest absolute Gasteiger partial charge is 0.326 e. The number of rotatable bonds is 9. The van der Waals surface area contributed by atoms with Crippen LogP contribution in [0.4, 0.5) is 0 Å². The van der Waals surface area contributed by atoms with E-state index in [1.165, 1.54) is 0 Å². The molecule has 0 radical (unpaired) electrons. The summed E-state index contributed by atoms with van der Waals surface area (Å²) in [6, 6.07) is -0.987. The summed E-state index contributed by atoms with van der Waals surface area (Å²) in [5, 5.41) is 19.7. The molecule has 0 aliphatic rings. The SMILES string of the molecule is CCCCC(=O)N[C@H](CCCC(=O)O)C(=O)O. The third-order valence-electron chi connectivity index (χ3n) is 2.27. The van der Waals surface area contributed by atoms with Gasteiger partial charge in [-0.3, -0.25) is 9.59 Å². The number of carbonyl (C=O) groups is 3. The number of nitrogens with one attached hydrogen (secondary N) is 1. The molecule has 6 heteroatoms. The average molecular weight is 245 g/mol. The summed E-state index contributed by atoms with van der Waals surface area (Å²) in [6.07, 6.45) is 2.17. The first-order chi connectivity index (χ1) is 7.97. The second-order valence-electron chi connectivity index (χ2n) is 3.85. The summed E-state index contributed by atoms with van der Waals surface area (Å²) in [7, 11) is 0. The van der Waals surface area contributed by atoms with Gasteiger partial charge in [-0.15, -0.1) is 0 Å². The Morgan fingerprint density at radius 1 is 1.12 bits per heavy atom. The predicted molar refractivity (Wildman–Crippen MR) is 60.6 cm³/mol. The van der Waals surface area contributed by atoms with Crippen LogP contribution in [0.3, 0.4) is 0 Å². The fourth-order valence-electron chi connectivity index (χ4n) is 1.32. The molecule has 0 heterocycles. The molecule has 0 rings (SSSR count). The van der Waals surface area contributed by atoms with Gasteiger partial charge in [-0.05, 0) is 19.3 Å². The van der Waals surface area contributed by atoms with Crippen molar-refractivity contribution in [3.8, 4) is 0 Å². The molecule has 0 spiro atoms. The molecule has 0 saturated heterocycles. The van der Waals surface area contributed by atoms with Crippen LogP contribution in [0.25, 0.3) is 0 Å². The lowest BCUT2D eigenvalue weighted by Gasteiger charge is -2.13. The highest BCUT2D eigenvalue weighted by Crippen LogP contribution is 2.03. The van der Waals surface area contributed by atoms with Gasteiger partial charge in [0.15, 0.2) is 0 Å². The number of carboxylic acids is 2. The van der Waals surface area contributed by atoms with Crippen LogP contribution in [0.5, 0.6) is 0 Å². The third-order valence-corrected chi connectivity index (χ3v) is 2.27. The largest absolute Gasteiger partial charge is 0.481 e. The van der Waals surface area contributed by atoms with E-state index in [1.54, 1.807) is 0 Å². The Bertz CT molecular complexity index is 277. The number of hydrogen-bond donors (Lipinski definition) is 3. The zero-order valence-electron chi connectivity index (χ0n) is 9.94. The topological polar surface area (TPSA) is 104 Å². The van der Waals surface area contributed by atoms with Crippen molar-refractivity contribution in [2.75, 3.05) is 0 Å². The summed E-state index contributed by atoms with van der Waals surface area (Å²) in [5.41, 5.74) is 0. The van der Waals surface area contributed by atoms with Gasteiger partial charge < -0.3 is 15.5 Å². The molecule has 3 N–H and O–H groups in total. The molecule has 0 fully saturated rings. The molecule has 17 heavy (non-hydrogen) atoms. The van der Waals surface area contributed by atoms with E-state index in [-0.39, 0.29) is 25.2 Å². The first-order valence-electron chi connectivity index (χ1n) is 5.71. The summed E-state index contributed by atoms with van der Waals surface area (Å²) >= 11 is 0.